The number of aromatic nitrogens is 1. The van der Waals surface area contributed by atoms with Gasteiger partial charge in [-0.3, -0.25) is 4.79 Å². The van der Waals surface area contributed by atoms with Crippen molar-refractivity contribution in [1.82, 2.24) is 9.88 Å². The van der Waals surface area contributed by atoms with E-state index >= 15 is 0 Å². The van der Waals surface area contributed by atoms with E-state index in [1.165, 1.54) is 0 Å². The van der Waals surface area contributed by atoms with E-state index in [4.69, 9.17) is 5.26 Å². The molecule has 4 aromatic rings. The third-order valence-corrected chi connectivity index (χ3v) is 5.35. The number of fused-ring (bicyclic) bond motifs is 2. The first kappa shape index (κ1) is 19.5. The number of benzene rings is 3. The number of carbonyl (C=O) groups excluding carboxylic acids is 1. The number of amides is 1. The van der Waals surface area contributed by atoms with Crippen molar-refractivity contribution in [2.24, 2.45) is 0 Å². The van der Waals surface area contributed by atoms with E-state index in [1.54, 1.807) is 6.08 Å². The maximum Gasteiger partial charge on any atom is 0.244 e. The Kier molecular flexibility index (Phi) is 5.63. The molecule has 0 aliphatic rings. The van der Waals surface area contributed by atoms with Gasteiger partial charge in [0, 0.05) is 35.3 Å². The van der Waals surface area contributed by atoms with Crippen molar-refractivity contribution >= 4 is 33.7 Å². The van der Waals surface area contributed by atoms with Gasteiger partial charge in [0.1, 0.15) is 0 Å². The quantitative estimate of drug-likeness (QED) is 0.434. The molecule has 4 heteroatoms. The third kappa shape index (κ3) is 3.97. The second kappa shape index (κ2) is 8.67. The van der Waals surface area contributed by atoms with Gasteiger partial charge in [-0.05, 0) is 35.4 Å². The van der Waals surface area contributed by atoms with Gasteiger partial charge >= 0.3 is 0 Å². The van der Waals surface area contributed by atoms with Crippen LogP contribution in [0.4, 0.5) is 0 Å². The summed E-state index contributed by atoms with van der Waals surface area (Å²) in [5, 5.41) is 15.4. The van der Waals surface area contributed by atoms with Gasteiger partial charge in [-0.15, -0.1) is 0 Å². The van der Waals surface area contributed by atoms with Crippen LogP contribution in [0, 0.1) is 11.3 Å². The van der Waals surface area contributed by atoms with Crippen molar-refractivity contribution in [3.63, 3.8) is 0 Å². The lowest BCUT2D eigenvalue weighted by molar-refractivity contribution is -0.117. The van der Waals surface area contributed by atoms with Crippen LogP contribution in [0.15, 0.2) is 79.0 Å². The molecule has 0 aliphatic carbocycles. The fraction of sp³-hybridized carbons (Fsp3) is 0.154. The number of nitrogens with one attached hydrogen (secondary N) is 1. The molecule has 4 rings (SSSR count). The Labute approximate surface area is 176 Å². The summed E-state index contributed by atoms with van der Waals surface area (Å²) in [5.74, 6) is -0.135. The first-order valence-electron chi connectivity index (χ1n) is 10.1. The van der Waals surface area contributed by atoms with Gasteiger partial charge in [-0.2, -0.15) is 5.26 Å². The van der Waals surface area contributed by atoms with E-state index in [-0.39, 0.29) is 11.9 Å². The Balaban J connectivity index is 1.53. The average Bonchev–Trinajstić information content (AvgIpc) is 3.13. The van der Waals surface area contributed by atoms with Crippen LogP contribution in [0.5, 0.6) is 0 Å². The Morgan fingerprint density at radius 3 is 2.63 bits per heavy atom. The molecule has 0 spiro atoms. The fourth-order valence-corrected chi connectivity index (χ4v) is 3.90. The molecule has 1 N–H and O–H groups in total. The summed E-state index contributed by atoms with van der Waals surface area (Å²) in [6.07, 6.45) is 5.87. The Morgan fingerprint density at radius 2 is 1.80 bits per heavy atom. The van der Waals surface area contributed by atoms with Gasteiger partial charge < -0.3 is 9.88 Å². The van der Waals surface area contributed by atoms with Crippen LogP contribution >= 0.6 is 0 Å². The van der Waals surface area contributed by atoms with Crippen LogP contribution in [0.1, 0.15) is 30.5 Å². The molecule has 0 fully saturated rings. The summed E-state index contributed by atoms with van der Waals surface area (Å²) >= 11 is 0. The lowest BCUT2D eigenvalue weighted by atomic mass is 10.00. The van der Waals surface area contributed by atoms with Crippen molar-refractivity contribution in [2.45, 2.75) is 25.9 Å². The maximum atomic E-state index is 12.6. The number of hydrogen-bond donors (Lipinski definition) is 1. The van der Waals surface area contributed by atoms with Crippen LogP contribution in [0.25, 0.3) is 27.8 Å². The van der Waals surface area contributed by atoms with Gasteiger partial charge in [0.15, 0.2) is 0 Å². The lowest BCUT2D eigenvalue weighted by Gasteiger charge is -2.15. The average molecular weight is 393 g/mol. The first-order chi connectivity index (χ1) is 14.7. The van der Waals surface area contributed by atoms with E-state index in [1.807, 2.05) is 61.7 Å². The summed E-state index contributed by atoms with van der Waals surface area (Å²) in [6.45, 7) is 2.64. The van der Waals surface area contributed by atoms with E-state index in [0.717, 1.165) is 32.8 Å². The molecule has 1 aromatic heterocycles. The number of aryl methyl sites for hydroxylation is 1. The van der Waals surface area contributed by atoms with Crippen LogP contribution < -0.4 is 5.32 Å². The number of nitriles is 1. The van der Waals surface area contributed by atoms with Gasteiger partial charge in [0.2, 0.25) is 5.91 Å². The van der Waals surface area contributed by atoms with Gasteiger partial charge in [-0.25, -0.2) is 0 Å². The number of nitrogens with zero attached hydrogens (tertiary/aromatic N) is 2. The van der Waals surface area contributed by atoms with Crippen molar-refractivity contribution in [2.75, 3.05) is 0 Å². The molecule has 0 saturated heterocycles. The molecule has 0 saturated carbocycles. The fourth-order valence-electron chi connectivity index (χ4n) is 3.90. The molecular weight excluding hydrogens is 370 g/mol. The standard InChI is InChI=1S/C26H23N3O/c1-19(22-12-6-9-20-8-2-3-10-23(20)22)28-26(30)15-14-21-18-29(17-7-16-27)25-13-5-4-11-24(21)25/h2-6,8-15,18-19H,7,17H2,1H3,(H,28,30)/b15-14+/t19-/m1/s1. The SMILES string of the molecule is C[C@@H](NC(=O)/C=C/c1cn(CCC#N)c2ccccc12)c1cccc2ccccc12. The lowest BCUT2D eigenvalue weighted by Crippen LogP contribution is -2.24. The molecule has 0 radical (unpaired) electrons. The number of hydrogen-bond acceptors (Lipinski definition) is 2. The minimum atomic E-state index is -0.135. The largest absolute Gasteiger partial charge is 0.346 e. The molecule has 1 amide bonds. The zero-order valence-electron chi connectivity index (χ0n) is 16.9. The molecule has 0 unspecified atom stereocenters. The normalized spacial score (nSPS) is 12.3. The zero-order valence-corrected chi connectivity index (χ0v) is 16.9. The smallest absolute Gasteiger partial charge is 0.244 e. The molecule has 1 heterocycles. The monoisotopic (exact) mass is 393 g/mol. The second-order valence-corrected chi connectivity index (χ2v) is 7.34. The minimum absolute atomic E-state index is 0.106. The summed E-state index contributed by atoms with van der Waals surface area (Å²) in [4.78, 5) is 12.6. The molecule has 1 atom stereocenters. The van der Waals surface area contributed by atoms with E-state index in [2.05, 4.69) is 40.2 Å². The van der Waals surface area contributed by atoms with Gasteiger partial charge in [0.05, 0.1) is 18.5 Å². The predicted octanol–water partition coefficient (Wildman–Crippen LogP) is 5.60. The summed E-state index contributed by atoms with van der Waals surface area (Å²) in [6, 6.07) is 24.5. The maximum absolute atomic E-state index is 12.6. The molecule has 30 heavy (non-hydrogen) atoms. The molecule has 0 aliphatic heterocycles. The van der Waals surface area contributed by atoms with Gasteiger partial charge in [0.25, 0.3) is 0 Å². The number of rotatable bonds is 6. The van der Waals surface area contributed by atoms with Crippen LogP contribution in [0.2, 0.25) is 0 Å². The highest BCUT2D eigenvalue weighted by molar-refractivity contribution is 5.97. The molecular formula is C26H23N3O. The van der Waals surface area contributed by atoms with E-state index in [0.29, 0.717) is 13.0 Å². The van der Waals surface area contributed by atoms with Crippen LogP contribution in [-0.2, 0) is 11.3 Å². The zero-order chi connectivity index (χ0) is 20.9. The Morgan fingerprint density at radius 1 is 1.07 bits per heavy atom. The highest BCUT2D eigenvalue weighted by Gasteiger charge is 2.11. The molecule has 148 valence electrons. The van der Waals surface area contributed by atoms with Crippen molar-refractivity contribution in [3.8, 4) is 6.07 Å². The highest BCUT2D eigenvalue weighted by Crippen LogP contribution is 2.25. The van der Waals surface area contributed by atoms with Crippen LogP contribution in [-0.4, -0.2) is 10.5 Å². The third-order valence-electron chi connectivity index (χ3n) is 5.35. The first-order valence-corrected chi connectivity index (χ1v) is 10.1. The summed E-state index contributed by atoms with van der Waals surface area (Å²) in [5.41, 5.74) is 3.14. The summed E-state index contributed by atoms with van der Waals surface area (Å²) in [7, 11) is 0. The summed E-state index contributed by atoms with van der Waals surface area (Å²) < 4.78 is 2.06. The van der Waals surface area contributed by atoms with Crippen molar-refractivity contribution < 1.29 is 4.79 Å². The Bertz CT molecular complexity index is 1270. The van der Waals surface area contributed by atoms with E-state index in [9.17, 15) is 4.79 Å². The Hall–Kier alpha value is -3.84. The highest BCUT2D eigenvalue weighted by atomic mass is 16.1. The number of carbonyl (C=O) groups is 1. The molecule has 4 nitrogen and oxygen atoms in total. The predicted molar refractivity (Wildman–Crippen MR) is 122 cm³/mol. The van der Waals surface area contributed by atoms with E-state index < -0.39 is 0 Å². The van der Waals surface area contributed by atoms with Crippen molar-refractivity contribution in [3.05, 3.63) is 90.1 Å². The molecule has 0 bridgehead atoms. The van der Waals surface area contributed by atoms with Crippen LogP contribution in [0.3, 0.4) is 0 Å². The van der Waals surface area contributed by atoms with Crippen molar-refractivity contribution in [1.29, 1.82) is 5.26 Å². The van der Waals surface area contributed by atoms with Gasteiger partial charge in [-0.1, -0.05) is 60.7 Å². The topological polar surface area (TPSA) is 57.8 Å². The minimum Gasteiger partial charge on any atom is -0.346 e. The second-order valence-electron chi connectivity index (χ2n) is 7.34. The number of para-hydroxylation sites is 1. The molecule has 3 aromatic carbocycles.